The fraction of sp³-hybridized carbons (Fsp3) is 0.432. The van der Waals surface area contributed by atoms with E-state index in [1.165, 1.54) is 172 Å². The Balaban J connectivity index is 0.992. The van der Waals surface area contributed by atoms with Crippen molar-refractivity contribution in [3.05, 3.63) is 140 Å². The van der Waals surface area contributed by atoms with Crippen LogP contribution < -0.4 is 0 Å². The first kappa shape index (κ1) is 70.1. The molecule has 13 heteroatoms. The fourth-order valence-corrected chi connectivity index (χ4v) is 22.3. The number of thiol groups is 1. The van der Waals surface area contributed by atoms with Crippen molar-refractivity contribution < 1.29 is 19.0 Å². The highest BCUT2D eigenvalue weighted by atomic mass is 32.1. The van der Waals surface area contributed by atoms with Crippen molar-refractivity contribution >= 4 is 144 Å². The molecule has 10 aromatic rings. The number of aromatic hydroxyl groups is 2. The molecule has 0 aliphatic heterocycles. The summed E-state index contributed by atoms with van der Waals surface area (Å²) in [6, 6.07) is 28.7. The number of rotatable bonds is 31. The highest BCUT2D eigenvalue weighted by molar-refractivity contribution is 7.79. The van der Waals surface area contributed by atoms with Crippen LogP contribution in [0.3, 0.4) is 0 Å². The third kappa shape index (κ3) is 14.9. The molecule has 0 fully saturated rings. The van der Waals surface area contributed by atoms with Crippen LogP contribution in [0.15, 0.2) is 101 Å². The number of halogens is 2. The Labute approximate surface area is 587 Å². The number of hydrogen-bond donors (Lipinski definition) is 4. The van der Waals surface area contributed by atoms with E-state index < -0.39 is 11.7 Å². The molecule has 4 nitrogen and oxygen atoms in total. The monoisotopic (exact) mass is 1390 g/mol. The van der Waals surface area contributed by atoms with Crippen molar-refractivity contribution in [3.8, 4) is 51.9 Å². The number of hydrogen-bond acceptors (Lipinski definition) is 11. The Morgan fingerprint density at radius 2 is 0.777 bits per heavy atom. The van der Waals surface area contributed by atoms with E-state index in [-0.39, 0.29) is 34.1 Å². The molecular formula is C81H94F2N2O2S7. The van der Waals surface area contributed by atoms with Crippen molar-refractivity contribution in [1.29, 1.82) is 5.41 Å². The zero-order valence-electron chi connectivity index (χ0n) is 56.7. The molecule has 3 N–H and O–H groups in total. The molecule has 4 atom stereocenters. The van der Waals surface area contributed by atoms with E-state index in [2.05, 4.69) is 111 Å². The smallest absolute Gasteiger partial charge is 0.170 e. The van der Waals surface area contributed by atoms with Gasteiger partial charge in [0.25, 0.3) is 0 Å². The average Bonchev–Trinajstić information content (AvgIpc) is 1.57. The summed E-state index contributed by atoms with van der Waals surface area (Å²) in [5.74, 6) is 0.854. The molecule has 0 saturated carbocycles. The van der Waals surface area contributed by atoms with E-state index >= 15 is 8.78 Å². The number of unbranched alkanes of at least 4 members (excludes halogenated alkanes) is 4. The molecular weight excluding hydrogens is 1300 g/mol. The second-order valence-electron chi connectivity index (χ2n) is 27.2. The summed E-state index contributed by atoms with van der Waals surface area (Å²) >= 11 is 14.7. The molecule has 496 valence electrons. The zero-order chi connectivity index (χ0) is 66.5. The van der Waals surface area contributed by atoms with Crippen molar-refractivity contribution in [3.63, 3.8) is 0 Å². The lowest BCUT2D eigenvalue weighted by atomic mass is 9.89. The van der Waals surface area contributed by atoms with Gasteiger partial charge in [0.05, 0.1) is 16.9 Å². The number of aryl methyl sites for hydroxylation is 6. The molecule has 94 heavy (non-hydrogen) atoms. The summed E-state index contributed by atoms with van der Waals surface area (Å²) < 4.78 is 44.8. The molecule has 6 heterocycles. The van der Waals surface area contributed by atoms with Crippen molar-refractivity contribution in [1.82, 2.24) is 0 Å². The maximum atomic E-state index is 17.6. The normalized spacial score (nSPS) is 15.0. The first-order chi connectivity index (χ1) is 45.5. The number of thiophene rings is 6. The van der Waals surface area contributed by atoms with Gasteiger partial charge in [-0.15, -0.1) is 68.0 Å². The number of fused-ring (bicyclic) bond motifs is 4. The Hall–Kier alpha value is -5.25. The van der Waals surface area contributed by atoms with Crippen LogP contribution >= 0.6 is 80.8 Å². The number of nitrogens with one attached hydrogen (secondary N) is 1. The summed E-state index contributed by atoms with van der Waals surface area (Å²) in [7, 11) is 0. The molecule has 11 rings (SSSR count). The van der Waals surface area contributed by atoms with E-state index in [0.717, 1.165) is 99.5 Å². The highest BCUT2D eigenvalue weighted by Crippen LogP contribution is 2.54. The first-order valence-electron chi connectivity index (χ1n) is 34.9. The predicted molar refractivity (Wildman–Crippen MR) is 418 cm³/mol. The minimum atomic E-state index is -1.04. The van der Waals surface area contributed by atoms with Crippen LogP contribution in [-0.2, 0) is 25.7 Å². The fourth-order valence-electron chi connectivity index (χ4n) is 14.2. The summed E-state index contributed by atoms with van der Waals surface area (Å²) in [5, 5.41) is 35.6. The van der Waals surface area contributed by atoms with Crippen LogP contribution in [-0.4, -0.2) is 21.6 Å². The molecule has 0 bridgehead atoms. The molecule has 0 saturated heterocycles. The van der Waals surface area contributed by atoms with Gasteiger partial charge in [-0.25, -0.2) is 13.2 Å². The third-order valence-electron chi connectivity index (χ3n) is 20.0. The Morgan fingerprint density at radius 1 is 0.436 bits per heavy atom. The summed E-state index contributed by atoms with van der Waals surface area (Å²) in [5.41, 5.74) is 9.43. The number of phenols is 2. The topological polar surface area (TPSA) is 76.7 Å². The maximum Gasteiger partial charge on any atom is 0.170 e. The van der Waals surface area contributed by atoms with Gasteiger partial charge in [-0.2, -0.15) is 0 Å². The van der Waals surface area contributed by atoms with E-state index in [1.54, 1.807) is 24.3 Å². The lowest BCUT2D eigenvalue weighted by Crippen LogP contribution is -2.21. The van der Waals surface area contributed by atoms with Crippen molar-refractivity contribution in [2.24, 2.45) is 28.1 Å². The predicted octanol–water partition coefficient (Wildman–Crippen LogP) is 28.2. The van der Waals surface area contributed by atoms with E-state index in [4.69, 9.17) is 0 Å². The van der Waals surface area contributed by atoms with Crippen LogP contribution in [0.4, 0.5) is 8.78 Å². The molecule has 1 aliphatic carbocycles. The lowest BCUT2D eigenvalue weighted by molar-refractivity contribution is 0.423. The Bertz CT molecular complexity index is 4350. The van der Waals surface area contributed by atoms with Gasteiger partial charge in [0, 0.05) is 57.8 Å². The third-order valence-corrected chi connectivity index (χ3v) is 28.0. The van der Waals surface area contributed by atoms with Gasteiger partial charge in [0.15, 0.2) is 11.7 Å². The second-order valence-corrected chi connectivity index (χ2v) is 33.7. The lowest BCUT2D eigenvalue weighted by Gasteiger charge is -2.19. The summed E-state index contributed by atoms with van der Waals surface area (Å²) in [6.07, 6.45) is 23.8. The van der Waals surface area contributed by atoms with Crippen molar-refractivity contribution in [2.45, 2.75) is 204 Å². The van der Waals surface area contributed by atoms with Gasteiger partial charge in [0.1, 0.15) is 17.2 Å². The highest BCUT2D eigenvalue weighted by Gasteiger charge is 2.36. The minimum Gasteiger partial charge on any atom is -0.508 e. The van der Waals surface area contributed by atoms with Crippen LogP contribution in [0.5, 0.6) is 11.5 Å². The molecule has 0 spiro atoms. The van der Waals surface area contributed by atoms with Gasteiger partial charge in [-0.05, 0) is 253 Å². The van der Waals surface area contributed by atoms with Crippen LogP contribution in [0.25, 0.3) is 91.9 Å². The SMILES string of the molecule is CCCCC(C)CCc1c2cc(-c3sc(C4=C(F)C(F)=C(c5cc(C)c(-c6cc7c(CCC(CC)CCCC)c8sc(-c9ccc(O)cc9)cc8c(CCC(C)CCCC)c7s6)s5)C(=NS)C4=N)cc3C)sc2c(CCC(C)CCCC)c2cc(-c3ccc(O)cc3)sc12. The standard InChI is InChI=1S/C81H94F2N2O2S7/c1-11-16-20-46(6)24-36-56-60-42-64(52-28-32-54(86)33-29-52)89-78(60)58(38-26-48(8)22-18-13-3)62-44-68(93-80(56)62)76-49(9)40-66(91-76)70-72(82)73(83)71(75(85-88)74(70)84)67-41-50(10)77(92-67)69-45-63-59(39-27-51(15-5)23-19-14-4)79-61(43-65(90-79)53-30-34-55(87)35-31-53)57(81(63)94-69)37-25-47(7)21-17-12-2/h28-35,40-48,51,84,86-88H,11-27,36-39H2,1-10H3. The minimum absolute atomic E-state index is 0.0243. The molecule has 4 unspecified atom stereocenters. The Morgan fingerprint density at radius 3 is 1.15 bits per heavy atom. The number of nitrogens with zero attached hydrogens (tertiary/aromatic N) is 1. The van der Waals surface area contributed by atoms with Gasteiger partial charge >= 0.3 is 0 Å². The maximum absolute atomic E-state index is 17.6. The molecule has 4 aromatic carbocycles. The van der Waals surface area contributed by atoms with E-state index in [9.17, 15) is 15.6 Å². The Kier molecular flexibility index (Phi) is 23.5. The second kappa shape index (κ2) is 31.5. The molecule has 6 aromatic heterocycles. The zero-order valence-corrected chi connectivity index (χ0v) is 62.5. The summed E-state index contributed by atoms with van der Waals surface area (Å²) in [6.45, 7) is 22.7. The van der Waals surface area contributed by atoms with Gasteiger partial charge in [0.2, 0.25) is 0 Å². The molecule has 0 radical (unpaired) electrons. The number of allylic oxidation sites excluding steroid dienone is 4. The van der Waals surface area contributed by atoms with Gasteiger partial charge in [-0.3, -0.25) is 5.41 Å². The van der Waals surface area contributed by atoms with Crippen LogP contribution in [0.1, 0.15) is 208 Å². The van der Waals surface area contributed by atoms with E-state index in [1.807, 2.05) is 81.7 Å². The van der Waals surface area contributed by atoms with Gasteiger partial charge < -0.3 is 10.2 Å². The van der Waals surface area contributed by atoms with Crippen LogP contribution in [0, 0.1) is 42.9 Å². The van der Waals surface area contributed by atoms with Crippen LogP contribution in [0.2, 0.25) is 0 Å². The van der Waals surface area contributed by atoms with E-state index in [0.29, 0.717) is 33.4 Å². The molecule has 1 aliphatic rings. The van der Waals surface area contributed by atoms with Gasteiger partial charge in [-0.1, -0.05) is 139 Å². The molecule has 0 amide bonds. The average molecular weight is 1390 g/mol. The number of phenolic OH excluding ortho intramolecular Hbond substituents is 2. The van der Waals surface area contributed by atoms with Crippen molar-refractivity contribution in [2.75, 3.05) is 0 Å². The first-order valence-corrected chi connectivity index (χ1v) is 40.2. The number of benzene rings is 4. The largest absolute Gasteiger partial charge is 0.508 e. The summed E-state index contributed by atoms with van der Waals surface area (Å²) in [4.78, 5) is 7.65. The quantitative estimate of drug-likeness (QED) is 0.0258.